The van der Waals surface area contributed by atoms with Crippen LogP contribution in [0.2, 0.25) is 0 Å². The maximum absolute atomic E-state index is 2.19. The fourth-order valence-electron chi connectivity index (χ4n) is 0.575. The van der Waals surface area contributed by atoms with Gasteiger partial charge in [-0.05, 0) is 30.9 Å². The van der Waals surface area contributed by atoms with Gasteiger partial charge in [0.1, 0.15) is 0 Å². The highest BCUT2D eigenvalue weighted by Crippen LogP contribution is 2.10. The minimum absolute atomic E-state index is 0. The van der Waals surface area contributed by atoms with Gasteiger partial charge in [0.25, 0.3) is 0 Å². The Kier molecular flexibility index (Phi) is 3.69. The second kappa shape index (κ2) is 3.48. The third-order valence-corrected chi connectivity index (χ3v) is 1.84. The summed E-state index contributed by atoms with van der Waals surface area (Å²) in [5, 5.41) is 2.16. The van der Waals surface area contributed by atoms with E-state index in [9.17, 15) is 0 Å². The molecule has 0 spiro atoms. The predicted molar refractivity (Wildman–Crippen MR) is 39.5 cm³/mol. The van der Waals surface area contributed by atoms with Crippen LogP contribution in [0, 0.1) is 13.8 Å². The summed E-state index contributed by atoms with van der Waals surface area (Å²) >= 11 is 1.80. The maximum Gasteiger partial charge on any atom is 0.00169 e. The highest BCUT2D eigenvalue weighted by Gasteiger charge is 1.84. The van der Waals surface area contributed by atoms with Crippen LogP contribution in [0.5, 0.6) is 0 Å². The van der Waals surface area contributed by atoms with Gasteiger partial charge in [0, 0.05) is 27.9 Å². The van der Waals surface area contributed by atoms with Crippen molar-refractivity contribution in [3.8, 4) is 0 Å². The van der Waals surface area contributed by atoms with E-state index in [1.165, 1.54) is 10.4 Å². The summed E-state index contributed by atoms with van der Waals surface area (Å²) in [5.41, 5.74) is 1.38. The van der Waals surface area contributed by atoms with E-state index in [4.69, 9.17) is 0 Å². The molecule has 0 aliphatic carbocycles. The minimum Gasteiger partial charge on any atom is -0.149 e. The largest absolute Gasteiger partial charge is 0.149 e. The van der Waals surface area contributed by atoms with Crippen LogP contribution in [0.3, 0.4) is 0 Å². The molecule has 0 bridgehead atoms. The quantitative estimate of drug-likeness (QED) is 0.479. The summed E-state index contributed by atoms with van der Waals surface area (Å²) in [4.78, 5) is 1.40. The molecule has 0 saturated heterocycles. The summed E-state index contributed by atoms with van der Waals surface area (Å²) in [5.74, 6) is 0. The lowest BCUT2D eigenvalue weighted by Gasteiger charge is -1.70. The molecule has 0 aliphatic heterocycles. The number of hydrogen-bond acceptors (Lipinski definition) is 1. The van der Waals surface area contributed by atoms with E-state index in [2.05, 4.69) is 25.3 Å². The molecular formula is C6H8MgS. The van der Waals surface area contributed by atoms with E-state index >= 15 is 0 Å². The second-order valence-corrected chi connectivity index (χ2v) is 2.85. The Morgan fingerprint density at radius 2 is 2.00 bits per heavy atom. The van der Waals surface area contributed by atoms with E-state index < -0.39 is 0 Å². The van der Waals surface area contributed by atoms with E-state index in [1.807, 2.05) is 0 Å². The molecular weight excluding hydrogens is 128 g/mol. The molecule has 0 unspecified atom stereocenters. The van der Waals surface area contributed by atoms with Crippen molar-refractivity contribution in [2.45, 2.75) is 13.8 Å². The third kappa shape index (κ3) is 2.16. The molecule has 0 nitrogen and oxygen atoms in total. The second-order valence-electron chi connectivity index (χ2n) is 1.73. The molecule has 0 aliphatic rings. The van der Waals surface area contributed by atoms with Crippen LogP contribution >= 0.6 is 11.3 Å². The Balaban J connectivity index is 0.000000490. The van der Waals surface area contributed by atoms with Gasteiger partial charge in [-0.1, -0.05) is 0 Å². The van der Waals surface area contributed by atoms with Crippen molar-refractivity contribution in [3.05, 3.63) is 21.9 Å². The Bertz CT molecular complexity index is 141. The van der Waals surface area contributed by atoms with Gasteiger partial charge in [0.2, 0.25) is 0 Å². The molecule has 0 amide bonds. The van der Waals surface area contributed by atoms with Gasteiger partial charge < -0.3 is 0 Å². The fourth-order valence-corrected chi connectivity index (χ4v) is 1.27. The fraction of sp³-hybridized carbons (Fsp3) is 0.333. The number of thiophene rings is 1. The molecule has 1 rings (SSSR count). The summed E-state index contributed by atoms with van der Waals surface area (Å²) in [6, 6.07) is 2.19. The zero-order valence-electron chi connectivity index (χ0n) is 5.27. The molecule has 1 aromatic rings. The average Bonchev–Trinajstić information content (AvgIpc) is 1.87. The molecule has 2 radical (unpaired) electrons. The first-order chi connectivity index (χ1) is 3.29. The lowest BCUT2D eigenvalue weighted by molar-refractivity contribution is 1.51. The summed E-state index contributed by atoms with van der Waals surface area (Å²) in [6.07, 6.45) is 0. The Morgan fingerprint density at radius 1 is 1.38 bits per heavy atom. The molecule has 2 heteroatoms. The van der Waals surface area contributed by atoms with Crippen LogP contribution in [0.1, 0.15) is 10.4 Å². The van der Waals surface area contributed by atoms with Crippen LogP contribution in [-0.4, -0.2) is 23.1 Å². The predicted octanol–water partition coefficient (Wildman–Crippen LogP) is 1.98. The van der Waals surface area contributed by atoms with E-state index in [-0.39, 0.29) is 23.1 Å². The SMILES string of the molecule is Cc1csc(C)c1.[Mg]. The standard InChI is InChI=1S/C6H8S.Mg/c1-5-3-6(2)7-4-5;/h3-4H,1-2H3;. The molecule has 0 N–H and O–H groups in total. The molecule has 1 aromatic heterocycles. The van der Waals surface area contributed by atoms with E-state index in [0.717, 1.165) is 0 Å². The molecule has 0 atom stereocenters. The topological polar surface area (TPSA) is 0 Å². The molecule has 8 heavy (non-hydrogen) atoms. The number of rotatable bonds is 0. The molecule has 1 heterocycles. The van der Waals surface area contributed by atoms with Crippen molar-refractivity contribution in [1.82, 2.24) is 0 Å². The Morgan fingerprint density at radius 3 is 2.12 bits per heavy atom. The van der Waals surface area contributed by atoms with Crippen LogP contribution in [0.25, 0.3) is 0 Å². The van der Waals surface area contributed by atoms with Gasteiger partial charge in [-0.3, -0.25) is 0 Å². The Hall–Kier alpha value is 0.466. The van der Waals surface area contributed by atoms with Gasteiger partial charge in [-0.2, -0.15) is 0 Å². The number of hydrogen-bond donors (Lipinski definition) is 0. The van der Waals surface area contributed by atoms with E-state index in [1.54, 1.807) is 11.3 Å². The van der Waals surface area contributed by atoms with Crippen molar-refractivity contribution in [3.63, 3.8) is 0 Å². The van der Waals surface area contributed by atoms with Crippen LogP contribution in [-0.2, 0) is 0 Å². The molecule has 0 fully saturated rings. The third-order valence-electron chi connectivity index (χ3n) is 0.862. The molecule has 0 saturated carbocycles. The minimum atomic E-state index is 0. The van der Waals surface area contributed by atoms with Gasteiger partial charge in [-0.25, -0.2) is 0 Å². The zero-order valence-corrected chi connectivity index (χ0v) is 7.50. The van der Waals surface area contributed by atoms with Crippen molar-refractivity contribution in [2.24, 2.45) is 0 Å². The van der Waals surface area contributed by atoms with Gasteiger partial charge >= 0.3 is 0 Å². The van der Waals surface area contributed by atoms with E-state index in [0.29, 0.717) is 0 Å². The average molecular weight is 137 g/mol. The van der Waals surface area contributed by atoms with Crippen LogP contribution in [0.4, 0.5) is 0 Å². The smallest absolute Gasteiger partial charge is 0.00169 e. The van der Waals surface area contributed by atoms with Crippen molar-refractivity contribution >= 4 is 34.4 Å². The molecule has 40 valence electrons. The lowest BCUT2D eigenvalue weighted by Crippen LogP contribution is -1.53. The first-order valence-electron chi connectivity index (χ1n) is 2.31. The highest BCUT2D eigenvalue weighted by molar-refractivity contribution is 7.10. The van der Waals surface area contributed by atoms with Crippen LogP contribution < -0.4 is 0 Å². The highest BCUT2D eigenvalue weighted by atomic mass is 32.1. The van der Waals surface area contributed by atoms with Gasteiger partial charge in [0.15, 0.2) is 0 Å². The first-order valence-corrected chi connectivity index (χ1v) is 3.19. The zero-order chi connectivity index (χ0) is 5.28. The van der Waals surface area contributed by atoms with Gasteiger partial charge in [-0.15, -0.1) is 11.3 Å². The molecule has 0 aromatic carbocycles. The normalized spacial score (nSPS) is 8.25. The Labute approximate surface area is 70.1 Å². The van der Waals surface area contributed by atoms with Crippen LogP contribution in [0.15, 0.2) is 11.4 Å². The monoisotopic (exact) mass is 136 g/mol. The first kappa shape index (κ1) is 8.47. The van der Waals surface area contributed by atoms with Crippen molar-refractivity contribution < 1.29 is 0 Å². The lowest BCUT2D eigenvalue weighted by atomic mass is 10.4. The maximum atomic E-state index is 2.19. The summed E-state index contributed by atoms with van der Waals surface area (Å²) in [6.45, 7) is 4.24. The van der Waals surface area contributed by atoms with Crippen molar-refractivity contribution in [1.29, 1.82) is 0 Å². The van der Waals surface area contributed by atoms with Crippen molar-refractivity contribution in [2.75, 3.05) is 0 Å². The summed E-state index contributed by atoms with van der Waals surface area (Å²) < 4.78 is 0. The number of aryl methyl sites for hydroxylation is 2. The summed E-state index contributed by atoms with van der Waals surface area (Å²) in [7, 11) is 0. The van der Waals surface area contributed by atoms with Gasteiger partial charge in [0.05, 0.1) is 0 Å².